The molecular weight excluding hydrogens is 308 g/mol. The van der Waals surface area contributed by atoms with Gasteiger partial charge in [0.05, 0.1) is 32.0 Å². The first-order valence-corrected chi connectivity index (χ1v) is 7.65. The summed E-state index contributed by atoms with van der Waals surface area (Å²) in [6, 6.07) is 11.7. The van der Waals surface area contributed by atoms with Crippen molar-refractivity contribution in [3.8, 4) is 17.9 Å². The number of methoxy groups -OCH3 is 1. The first kappa shape index (κ1) is 14.9. The zero-order valence-corrected chi connectivity index (χ0v) is 13.3. The van der Waals surface area contributed by atoms with Crippen LogP contribution in [0.5, 0.6) is 5.75 Å². The van der Waals surface area contributed by atoms with Crippen LogP contribution in [0.1, 0.15) is 18.4 Å². The summed E-state index contributed by atoms with van der Waals surface area (Å²) in [6.45, 7) is 2.14. The fourth-order valence-corrected chi connectivity index (χ4v) is 4.16. The van der Waals surface area contributed by atoms with Crippen molar-refractivity contribution in [1.29, 1.82) is 10.5 Å². The molecular formula is C17H16N4O3. The first-order chi connectivity index (χ1) is 11.5. The number of nitrogens with zero attached hydrogens (tertiary/aromatic N) is 3. The molecule has 122 valence electrons. The second kappa shape index (κ2) is 4.47. The van der Waals surface area contributed by atoms with E-state index in [1.54, 1.807) is 19.2 Å². The van der Waals surface area contributed by atoms with E-state index < -0.39 is 22.7 Å². The van der Waals surface area contributed by atoms with Crippen molar-refractivity contribution in [2.45, 2.75) is 24.9 Å². The van der Waals surface area contributed by atoms with Crippen LogP contribution in [-0.4, -0.2) is 31.6 Å². The molecule has 0 radical (unpaired) electrons. The van der Waals surface area contributed by atoms with Crippen LogP contribution in [0, 0.1) is 33.5 Å². The van der Waals surface area contributed by atoms with Gasteiger partial charge >= 0.3 is 0 Å². The van der Waals surface area contributed by atoms with E-state index in [1.807, 2.05) is 19.1 Å². The van der Waals surface area contributed by atoms with Gasteiger partial charge in [0.15, 0.2) is 5.41 Å². The Bertz CT molecular complexity index is 824. The Morgan fingerprint density at radius 1 is 1.29 bits per heavy atom. The van der Waals surface area contributed by atoms with Crippen LogP contribution >= 0.6 is 0 Å². The monoisotopic (exact) mass is 324 g/mol. The van der Waals surface area contributed by atoms with Gasteiger partial charge in [0.25, 0.3) is 5.91 Å². The molecule has 5 atom stereocenters. The number of nitrogens with two attached hydrogens (primary N) is 1. The van der Waals surface area contributed by atoms with Crippen LogP contribution in [0.15, 0.2) is 29.3 Å². The van der Waals surface area contributed by atoms with Gasteiger partial charge in [-0.2, -0.15) is 10.5 Å². The third-order valence-corrected chi connectivity index (χ3v) is 5.25. The molecule has 0 aromatic heterocycles. The van der Waals surface area contributed by atoms with Gasteiger partial charge in [0.2, 0.25) is 0 Å². The van der Waals surface area contributed by atoms with E-state index >= 15 is 0 Å². The van der Waals surface area contributed by atoms with Crippen molar-refractivity contribution in [3.63, 3.8) is 0 Å². The molecule has 1 aliphatic carbocycles. The van der Waals surface area contributed by atoms with Crippen molar-refractivity contribution in [2.75, 3.05) is 13.7 Å². The van der Waals surface area contributed by atoms with Gasteiger partial charge < -0.3 is 19.9 Å². The maximum absolute atomic E-state index is 10.0. The topological polar surface area (TPSA) is 114 Å². The molecule has 1 saturated carbocycles. The highest BCUT2D eigenvalue weighted by atomic mass is 16.8. The van der Waals surface area contributed by atoms with Gasteiger partial charge in [0, 0.05) is 5.92 Å². The zero-order chi connectivity index (χ0) is 17.2. The van der Waals surface area contributed by atoms with Gasteiger partial charge in [0.1, 0.15) is 17.0 Å². The molecule has 1 saturated heterocycles. The number of hydrogen-bond acceptors (Lipinski definition) is 7. The molecule has 7 heteroatoms. The molecule has 2 fully saturated rings. The predicted molar refractivity (Wildman–Crippen MR) is 82.7 cm³/mol. The molecule has 2 N–H and O–H groups in total. The number of ether oxygens (including phenoxy) is 3. The molecule has 3 aliphatic rings. The lowest BCUT2D eigenvalue weighted by Crippen LogP contribution is -2.39. The average molecular weight is 324 g/mol. The maximum Gasteiger partial charge on any atom is 0.293 e. The van der Waals surface area contributed by atoms with E-state index in [9.17, 15) is 10.5 Å². The third kappa shape index (κ3) is 1.36. The molecule has 1 aromatic rings. The van der Waals surface area contributed by atoms with E-state index in [-0.39, 0.29) is 11.9 Å². The Labute approximate surface area is 139 Å². The minimum Gasteiger partial charge on any atom is -0.497 e. The summed E-state index contributed by atoms with van der Waals surface area (Å²) in [7, 11) is 1.58. The fraction of sp³-hybridized carbons (Fsp3) is 0.471. The lowest BCUT2D eigenvalue weighted by atomic mass is 9.94. The molecule has 5 unspecified atom stereocenters. The number of rotatable bonds is 2. The smallest absolute Gasteiger partial charge is 0.293 e. The Hall–Kier alpha value is -2.61. The Balaban J connectivity index is 1.87. The van der Waals surface area contributed by atoms with Gasteiger partial charge in [-0.1, -0.05) is 12.1 Å². The summed E-state index contributed by atoms with van der Waals surface area (Å²) in [6.07, 6.45) is -0.224. The van der Waals surface area contributed by atoms with Crippen molar-refractivity contribution in [1.82, 2.24) is 0 Å². The summed E-state index contributed by atoms with van der Waals surface area (Å²) in [5.41, 5.74) is 4.39. The molecule has 0 amide bonds. The second-order valence-corrected chi connectivity index (χ2v) is 6.36. The molecule has 7 nitrogen and oxygen atoms in total. The van der Waals surface area contributed by atoms with Crippen molar-refractivity contribution < 1.29 is 14.2 Å². The minimum atomic E-state index is -1.51. The van der Waals surface area contributed by atoms with Crippen LogP contribution in [0.2, 0.25) is 0 Å². The highest BCUT2D eigenvalue weighted by molar-refractivity contribution is 6.00. The van der Waals surface area contributed by atoms with E-state index in [2.05, 4.69) is 17.1 Å². The average Bonchev–Trinajstić information content (AvgIpc) is 2.99. The highest BCUT2D eigenvalue weighted by Crippen LogP contribution is 2.82. The lowest BCUT2D eigenvalue weighted by molar-refractivity contribution is -0.193. The van der Waals surface area contributed by atoms with E-state index in [0.717, 1.165) is 5.56 Å². The molecule has 0 bridgehead atoms. The molecule has 2 aliphatic heterocycles. The Morgan fingerprint density at radius 2 is 2.00 bits per heavy atom. The van der Waals surface area contributed by atoms with Crippen molar-refractivity contribution in [2.24, 2.45) is 21.6 Å². The van der Waals surface area contributed by atoms with Crippen LogP contribution in [-0.2, 0) is 9.47 Å². The predicted octanol–water partition coefficient (Wildman–Crippen LogP) is 1.27. The van der Waals surface area contributed by atoms with Crippen LogP contribution < -0.4 is 10.5 Å². The standard InChI is InChI=1S/C17H16N4O3/c1-10-7-23-17(24-10)16(9-19)13(15(16,8-18)14(20)21-17)11-3-5-12(22-2)6-4-11/h3-6,10,13H,7H2,1-2H3,(H2,20,21). The van der Waals surface area contributed by atoms with Crippen LogP contribution in [0.4, 0.5) is 0 Å². The third-order valence-electron chi connectivity index (χ3n) is 5.25. The van der Waals surface area contributed by atoms with E-state index in [4.69, 9.17) is 19.9 Å². The summed E-state index contributed by atoms with van der Waals surface area (Å²) in [5.74, 6) is -1.18. The molecule has 2 heterocycles. The summed E-state index contributed by atoms with van der Waals surface area (Å²) < 4.78 is 16.8. The van der Waals surface area contributed by atoms with Crippen molar-refractivity contribution in [3.05, 3.63) is 29.8 Å². The second-order valence-electron chi connectivity index (χ2n) is 6.36. The molecule has 1 spiro atoms. The SMILES string of the molecule is COc1ccc(C2C3(C#N)C(N)=NC4(OCC(C)O4)C23C#N)cc1. The van der Waals surface area contributed by atoms with Crippen LogP contribution in [0.3, 0.4) is 0 Å². The summed E-state index contributed by atoms with van der Waals surface area (Å²) in [5, 5.41) is 19.9. The fourth-order valence-electron chi connectivity index (χ4n) is 4.16. The Kier molecular flexibility index (Phi) is 2.79. The van der Waals surface area contributed by atoms with Crippen molar-refractivity contribution >= 4 is 5.84 Å². The molecule has 1 aromatic carbocycles. The van der Waals surface area contributed by atoms with Gasteiger partial charge in [-0.15, -0.1) is 0 Å². The molecule has 24 heavy (non-hydrogen) atoms. The Morgan fingerprint density at radius 3 is 2.50 bits per heavy atom. The number of fused-ring (bicyclic) bond motifs is 2. The number of benzene rings is 1. The summed E-state index contributed by atoms with van der Waals surface area (Å²) in [4.78, 5) is 4.28. The van der Waals surface area contributed by atoms with Gasteiger partial charge in [-0.05, 0) is 24.6 Å². The number of hydrogen-bond donors (Lipinski definition) is 1. The van der Waals surface area contributed by atoms with E-state index in [0.29, 0.717) is 12.4 Å². The molecule has 4 rings (SSSR count). The zero-order valence-electron chi connectivity index (χ0n) is 13.3. The quantitative estimate of drug-likeness (QED) is 0.876. The first-order valence-electron chi connectivity index (χ1n) is 7.65. The van der Waals surface area contributed by atoms with Gasteiger partial charge in [-0.3, -0.25) is 0 Å². The highest BCUT2D eigenvalue weighted by Gasteiger charge is 2.94. The maximum atomic E-state index is 10.0. The van der Waals surface area contributed by atoms with Crippen LogP contribution in [0.25, 0.3) is 0 Å². The normalized spacial score (nSPS) is 42.1. The minimum absolute atomic E-state index is 0.0986. The van der Waals surface area contributed by atoms with E-state index in [1.165, 1.54) is 0 Å². The lowest BCUT2D eigenvalue weighted by Gasteiger charge is -2.26. The largest absolute Gasteiger partial charge is 0.497 e. The number of aliphatic imine (C=N–C) groups is 1. The number of amidine groups is 1. The summed E-state index contributed by atoms with van der Waals surface area (Å²) >= 11 is 0. The van der Waals surface area contributed by atoms with Gasteiger partial charge in [-0.25, -0.2) is 4.99 Å². The number of nitriles is 2.